The standard InChI is InChI=1S/C22H21N3O3S/c1-12-19-15(9-16-17(26)11-22(2,3)28-20(12)16)14(13-7-5-4-6-8-13)10-18(27-19)24-25-21(23)29/h4-10H,11H2,1-3H3,(H3,23,25,29). The van der Waals surface area contributed by atoms with Crippen LogP contribution in [0.25, 0.3) is 22.1 Å². The van der Waals surface area contributed by atoms with Crippen LogP contribution in [-0.2, 0) is 0 Å². The van der Waals surface area contributed by atoms with Crippen molar-refractivity contribution in [3.8, 4) is 16.9 Å². The number of ether oxygens (including phenoxy) is 1. The normalized spacial score (nSPS) is 15.7. The lowest BCUT2D eigenvalue weighted by Crippen LogP contribution is -2.36. The number of Topliss-reactive ketones (excluding diaryl/α,β-unsaturated/α-hetero) is 1. The Morgan fingerprint density at radius 3 is 2.62 bits per heavy atom. The van der Waals surface area contributed by atoms with Crippen LogP contribution < -0.4 is 21.5 Å². The number of nitrogens with one attached hydrogen (secondary N) is 1. The van der Waals surface area contributed by atoms with E-state index in [0.717, 1.165) is 22.1 Å². The molecule has 0 saturated carbocycles. The summed E-state index contributed by atoms with van der Waals surface area (Å²) in [7, 11) is 0. The Kier molecular flexibility index (Phi) is 4.62. The fourth-order valence-electron chi connectivity index (χ4n) is 3.60. The molecule has 0 spiro atoms. The van der Waals surface area contributed by atoms with Crippen LogP contribution in [0, 0.1) is 6.92 Å². The fourth-order valence-corrected chi connectivity index (χ4v) is 3.65. The zero-order chi connectivity index (χ0) is 20.8. The lowest BCUT2D eigenvalue weighted by Gasteiger charge is -2.32. The molecule has 3 aromatic rings. The van der Waals surface area contributed by atoms with Gasteiger partial charge in [-0.2, -0.15) is 0 Å². The molecule has 0 fully saturated rings. The summed E-state index contributed by atoms with van der Waals surface area (Å²) in [4.78, 5) is 12.8. The number of carbonyl (C=O) groups excluding carboxylic acids is 1. The average Bonchev–Trinajstić information content (AvgIpc) is 2.67. The summed E-state index contributed by atoms with van der Waals surface area (Å²) in [6.07, 6.45) is 0.327. The highest BCUT2D eigenvalue weighted by molar-refractivity contribution is 7.80. The molecule has 4 rings (SSSR count). The number of nitrogens with two attached hydrogens (primary N) is 1. The molecule has 148 valence electrons. The molecule has 0 saturated heterocycles. The Morgan fingerprint density at radius 2 is 1.93 bits per heavy atom. The first-order valence-corrected chi connectivity index (χ1v) is 9.64. The van der Waals surface area contributed by atoms with Gasteiger partial charge in [-0.3, -0.25) is 10.2 Å². The van der Waals surface area contributed by atoms with Crippen LogP contribution in [0.1, 0.15) is 36.2 Å². The van der Waals surface area contributed by atoms with E-state index in [-0.39, 0.29) is 10.9 Å². The van der Waals surface area contributed by atoms with Crippen molar-refractivity contribution in [1.82, 2.24) is 5.43 Å². The number of hydrogen-bond acceptors (Lipinski definition) is 5. The zero-order valence-electron chi connectivity index (χ0n) is 16.4. The van der Waals surface area contributed by atoms with E-state index < -0.39 is 5.60 Å². The number of carbonyl (C=O) groups is 1. The highest BCUT2D eigenvalue weighted by atomic mass is 32.1. The number of fused-ring (bicyclic) bond motifs is 2. The molecule has 0 atom stereocenters. The average molecular weight is 407 g/mol. The van der Waals surface area contributed by atoms with Crippen LogP contribution in [0.15, 0.2) is 52.0 Å². The minimum absolute atomic E-state index is 0.0411. The minimum Gasteiger partial charge on any atom is -0.486 e. The number of rotatable bonds is 2. The van der Waals surface area contributed by atoms with Gasteiger partial charge in [0, 0.05) is 17.0 Å². The van der Waals surface area contributed by atoms with Gasteiger partial charge < -0.3 is 14.9 Å². The molecule has 1 aliphatic heterocycles. The zero-order valence-corrected chi connectivity index (χ0v) is 17.2. The molecule has 6 nitrogen and oxygen atoms in total. The maximum absolute atomic E-state index is 12.8. The Balaban J connectivity index is 2.07. The van der Waals surface area contributed by atoms with Crippen molar-refractivity contribution in [2.45, 2.75) is 32.8 Å². The van der Waals surface area contributed by atoms with Crippen LogP contribution in [0.5, 0.6) is 5.75 Å². The summed E-state index contributed by atoms with van der Waals surface area (Å²) in [5, 5.41) is 5.01. The molecule has 29 heavy (non-hydrogen) atoms. The third kappa shape index (κ3) is 3.61. The van der Waals surface area contributed by atoms with Gasteiger partial charge >= 0.3 is 0 Å². The van der Waals surface area contributed by atoms with E-state index in [1.807, 2.05) is 57.2 Å². The number of hydrogen-bond donors (Lipinski definition) is 2. The molecule has 2 heterocycles. The molecule has 7 heteroatoms. The van der Waals surface area contributed by atoms with Gasteiger partial charge in [-0.15, -0.1) is 5.10 Å². The van der Waals surface area contributed by atoms with Crippen molar-refractivity contribution in [2.75, 3.05) is 0 Å². The molecule has 2 aromatic carbocycles. The highest BCUT2D eigenvalue weighted by Crippen LogP contribution is 2.41. The van der Waals surface area contributed by atoms with Gasteiger partial charge in [-0.1, -0.05) is 30.3 Å². The molecular weight excluding hydrogens is 386 g/mol. The summed E-state index contributed by atoms with van der Waals surface area (Å²) in [6.45, 7) is 5.70. The second kappa shape index (κ2) is 7.00. The Labute approximate surface area is 173 Å². The van der Waals surface area contributed by atoms with E-state index in [1.54, 1.807) is 6.07 Å². The Morgan fingerprint density at radius 1 is 1.21 bits per heavy atom. The van der Waals surface area contributed by atoms with Crippen molar-refractivity contribution < 1.29 is 13.9 Å². The molecule has 0 amide bonds. The SMILES string of the molecule is Cc1c2c(cc3c(-c4ccccc4)cc(=NNC(N)=S)oc13)C(=O)CC(C)(C)O2. The predicted molar refractivity (Wildman–Crippen MR) is 116 cm³/mol. The van der Waals surface area contributed by atoms with E-state index in [2.05, 4.69) is 10.5 Å². The van der Waals surface area contributed by atoms with Crippen molar-refractivity contribution in [3.63, 3.8) is 0 Å². The molecule has 0 radical (unpaired) electrons. The number of ketones is 1. The predicted octanol–water partition coefficient (Wildman–Crippen LogP) is 3.80. The topological polar surface area (TPSA) is 89.9 Å². The van der Waals surface area contributed by atoms with Crippen LogP contribution in [-0.4, -0.2) is 16.5 Å². The third-order valence-electron chi connectivity index (χ3n) is 4.85. The van der Waals surface area contributed by atoms with Gasteiger partial charge in [0.05, 0.1) is 12.0 Å². The largest absolute Gasteiger partial charge is 0.486 e. The van der Waals surface area contributed by atoms with E-state index in [0.29, 0.717) is 28.9 Å². The van der Waals surface area contributed by atoms with Gasteiger partial charge in [0.2, 0.25) is 5.55 Å². The number of benzene rings is 2. The molecule has 3 N–H and O–H groups in total. The van der Waals surface area contributed by atoms with E-state index in [1.165, 1.54) is 0 Å². The summed E-state index contributed by atoms with van der Waals surface area (Å²) in [5.41, 5.74) is 11.6. The third-order valence-corrected chi connectivity index (χ3v) is 4.94. The van der Waals surface area contributed by atoms with Gasteiger partial charge in [-0.25, -0.2) is 0 Å². The quantitative estimate of drug-likeness (QED) is 0.496. The number of thiocarbonyl (C=S) groups is 1. The maximum atomic E-state index is 12.8. The van der Waals surface area contributed by atoms with Crippen LogP contribution in [0.3, 0.4) is 0 Å². The number of aryl methyl sites for hydroxylation is 1. The molecule has 0 unspecified atom stereocenters. The van der Waals surface area contributed by atoms with Crippen molar-refractivity contribution >= 4 is 34.1 Å². The summed E-state index contributed by atoms with van der Waals surface area (Å²) < 4.78 is 12.2. The van der Waals surface area contributed by atoms with Gasteiger partial charge in [0.15, 0.2) is 10.9 Å². The van der Waals surface area contributed by atoms with Crippen LogP contribution in [0.4, 0.5) is 0 Å². The van der Waals surface area contributed by atoms with Crippen molar-refractivity contribution in [3.05, 3.63) is 59.1 Å². The van der Waals surface area contributed by atoms with Crippen molar-refractivity contribution in [2.24, 2.45) is 10.8 Å². The smallest absolute Gasteiger partial charge is 0.237 e. The van der Waals surface area contributed by atoms with Crippen molar-refractivity contribution in [1.29, 1.82) is 0 Å². The first-order valence-electron chi connectivity index (χ1n) is 9.23. The monoisotopic (exact) mass is 407 g/mol. The van der Waals surface area contributed by atoms with Gasteiger partial charge in [0.25, 0.3) is 0 Å². The minimum atomic E-state index is -0.569. The highest BCUT2D eigenvalue weighted by Gasteiger charge is 2.34. The summed E-state index contributed by atoms with van der Waals surface area (Å²) in [6, 6.07) is 13.5. The molecule has 1 aromatic heterocycles. The van der Waals surface area contributed by atoms with Crippen LogP contribution >= 0.6 is 12.2 Å². The molecule has 0 aliphatic carbocycles. The van der Waals surface area contributed by atoms with E-state index in [4.69, 9.17) is 27.1 Å². The fraction of sp³-hybridized carbons (Fsp3) is 0.227. The van der Waals surface area contributed by atoms with Gasteiger partial charge in [0.1, 0.15) is 16.9 Å². The lowest BCUT2D eigenvalue weighted by atomic mass is 9.89. The van der Waals surface area contributed by atoms with Crippen LogP contribution in [0.2, 0.25) is 0 Å². The Hall–Kier alpha value is -3.19. The maximum Gasteiger partial charge on any atom is 0.237 e. The molecular formula is C22H21N3O3S. The lowest BCUT2D eigenvalue weighted by molar-refractivity contribution is 0.0616. The van der Waals surface area contributed by atoms with E-state index >= 15 is 0 Å². The second-order valence-electron chi connectivity index (χ2n) is 7.67. The Bertz CT molecular complexity index is 1210. The summed E-state index contributed by atoms with van der Waals surface area (Å²) >= 11 is 4.83. The van der Waals surface area contributed by atoms with E-state index in [9.17, 15) is 4.79 Å². The summed E-state index contributed by atoms with van der Waals surface area (Å²) in [5.74, 6) is 0.616. The number of nitrogens with zero attached hydrogens (tertiary/aromatic N) is 1. The first kappa shape index (κ1) is 19.1. The van der Waals surface area contributed by atoms with Gasteiger partial charge in [-0.05, 0) is 50.2 Å². The molecule has 0 bridgehead atoms. The first-order chi connectivity index (χ1) is 13.7. The molecule has 1 aliphatic rings. The second-order valence-corrected chi connectivity index (χ2v) is 8.11.